The number of carbonyl (C=O) groups is 1. The number of hydrogen-bond acceptors (Lipinski definition) is 4. The summed E-state index contributed by atoms with van der Waals surface area (Å²) < 4.78 is 0. The third kappa shape index (κ3) is 4.19. The molecule has 24 heavy (non-hydrogen) atoms. The average molecular weight is 345 g/mol. The van der Waals surface area contributed by atoms with E-state index in [4.69, 9.17) is 17.3 Å². The lowest BCUT2D eigenvalue weighted by Crippen LogP contribution is -2.48. The van der Waals surface area contributed by atoms with E-state index in [-0.39, 0.29) is 5.91 Å². The van der Waals surface area contributed by atoms with Gasteiger partial charge in [-0.1, -0.05) is 29.8 Å². The summed E-state index contributed by atoms with van der Waals surface area (Å²) in [7, 11) is 0. The van der Waals surface area contributed by atoms with Crippen molar-refractivity contribution in [2.45, 2.75) is 0 Å². The topological polar surface area (TPSA) is 61.6 Å². The molecule has 0 radical (unpaired) electrons. The molecule has 0 spiro atoms. The van der Waals surface area contributed by atoms with Crippen LogP contribution in [0.1, 0.15) is 0 Å². The van der Waals surface area contributed by atoms with Crippen molar-refractivity contribution in [1.82, 2.24) is 4.90 Å². The highest BCUT2D eigenvalue weighted by molar-refractivity contribution is 6.33. The highest BCUT2D eigenvalue weighted by atomic mass is 35.5. The van der Waals surface area contributed by atoms with Crippen LogP contribution >= 0.6 is 11.6 Å². The molecule has 1 amide bonds. The Hall–Kier alpha value is -2.24. The van der Waals surface area contributed by atoms with Crippen molar-refractivity contribution in [3.8, 4) is 0 Å². The van der Waals surface area contributed by atoms with Crippen molar-refractivity contribution in [1.29, 1.82) is 0 Å². The predicted octanol–water partition coefficient (Wildman–Crippen LogP) is 2.68. The normalized spacial score (nSPS) is 15.3. The molecule has 0 atom stereocenters. The van der Waals surface area contributed by atoms with Crippen LogP contribution in [0.2, 0.25) is 5.02 Å². The summed E-state index contributed by atoms with van der Waals surface area (Å²) in [6, 6.07) is 15.5. The SMILES string of the molecule is Nc1cc(NC(=O)CN2CCN(c3ccccc3)CC2)ccc1Cl. The maximum Gasteiger partial charge on any atom is 0.238 e. The van der Waals surface area contributed by atoms with E-state index in [1.54, 1.807) is 18.2 Å². The summed E-state index contributed by atoms with van der Waals surface area (Å²) in [4.78, 5) is 16.7. The van der Waals surface area contributed by atoms with Gasteiger partial charge < -0.3 is 16.0 Å². The van der Waals surface area contributed by atoms with Crippen LogP contribution in [0.5, 0.6) is 0 Å². The van der Waals surface area contributed by atoms with Crippen LogP contribution in [0, 0.1) is 0 Å². The standard InChI is InChI=1S/C18H21ClN4O/c19-16-7-6-14(12-17(16)20)21-18(24)13-22-8-10-23(11-9-22)15-4-2-1-3-5-15/h1-7,12H,8-11,13,20H2,(H,21,24). The first-order valence-corrected chi connectivity index (χ1v) is 8.37. The quantitative estimate of drug-likeness (QED) is 0.837. The highest BCUT2D eigenvalue weighted by Gasteiger charge is 2.19. The van der Waals surface area contributed by atoms with E-state index >= 15 is 0 Å². The van der Waals surface area contributed by atoms with E-state index < -0.39 is 0 Å². The largest absolute Gasteiger partial charge is 0.397 e. The first-order valence-electron chi connectivity index (χ1n) is 7.99. The Balaban J connectivity index is 1.49. The zero-order valence-electron chi connectivity index (χ0n) is 13.4. The average Bonchev–Trinajstić information content (AvgIpc) is 2.59. The number of amides is 1. The van der Waals surface area contributed by atoms with E-state index in [1.807, 2.05) is 18.2 Å². The van der Waals surface area contributed by atoms with E-state index in [0.717, 1.165) is 26.2 Å². The van der Waals surface area contributed by atoms with Crippen LogP contribution in [0.4, 0.5) is 17.1 Å². The molecular weight excluding hydrogens is 324 g/mol. The molecule has 6 heteroatoms. The third-order valence-electron chi connectivity index (χ3n) is 4.14. The van der Waals surface area contributed by atoms with E-state index in [9.17, 15) is 4.79 Å². The van der Waals surface area contributed by atoms with Crippen molar-refractivity contribution >= 4 is 34.6 Å². The van der Waals surface area contributed by atoms with Gasteiger partial charge in [0.1, 0.15) is 0 Å². The van der Waals surface area contributed by atoms with Gasteiger partial charge in [0.15, 0.2) is 0 Å². The van der Waals surface area contributed by atoms with Gasteiger partial charge in [0.25, 0.3) is 0 Å². The molecule has 126 valence electrons. The Morgan fingerprint density at radius 2 is 1.79 bits per heavy atom. The molecule has 1 aliphatic heterocycles. The molecule has 3 rings (SSSR count). The summed E-state index contributed by atoms with van der Waals surface area (Å²) in [5, 5.41) is 3.36. The monoisotopic (exact) mass is 344 g/mol. The van der Waals surface area contributed by atoms with Crippen LogP contribution in [0.25, 0.3) is 0 Å². The maximum atomic E-state index is 12.2. The minimum absolute atomic E-state index is 0.0371. The number of carbonyl (C=O) groups excluding carboxylic acids is 1. The van der Waals surface area contributed by atoms with E-state index in [0.29, 0.717) is 22.9 Å². The zero-order valence-corrected chi connectivity index (χ0v) is 14.2. The van der Waals surface area contributed by atoms with Gasteiger partial charge in [-0.3, -0.25) is 9.69 Å². The second kappa shape index (κ2) is 7.55. The van der Waals surface area contributed by atoms with Gasteiger partial charge in [0.05, 0.1) is 17.3 Å². The van der Waals surface area contributed by atoms with Gasteiger partial charge in [0, 0.05) is 37.6 Å². The van der Waals surface area contributed by atoms with E-state index in [1.165, 1.54) is 5.69 Å². The highest BCUT2D eigenvalue weighted by Crippen LogP contribution is 2.22. The predicted molar refractivity (Wildman–Crippen MR) is 99.6 cm³/mol. The molecule has 5 nitrogen and oxygen atoms in total. The Labute approximate surface area is 147 Å². The smallest absolute Gasteiger partial charge is 0.238 e. The lowest BCUT2D eigenvalue weighted by atomic mass is 10.2. The number of piperazine rings is 1. The lowest BCUT2D eigenvalue weighted by Gasteiger charge is -2.35. The molecule has 0 unspecified atom stereocenters. The summed E-state index contributed by atoms with van der Waals surface area (Å²) >= 11 is 5.89. The maximum absolute atomic E-state index is 12.2. The lowest BCUT2D eigenvalue weighted by molar-refractivity contribution is -0.117. The number of para-hydroxylation sites is 1. The second-order valence-electron chi connectivity index (χ2n) is 5.88. The van der Waals surface area contributed by atoms with Crippen LogP contribution < -0.4 is 16.0 Å². The fourth-order valence-corrected chi connectivity index (χ4v) is 2.95. The van der Waals surface area contributed by atoms with Crippen molar-refractivity contribution < 1.29 is 4.79 Å². The molecule has 2 aromatic rings. The van der Waals surface area contributed by atoms with Gasteiger partial charge in [-0.05, 0) is 30.3 Å². The van der Waals surface area contributed by atoms with Gasteiger partial charge in [0.2, 0.25) is 5.91 Å². The van der Waals surface area contributed by atoms with Gasteiger partial charge in [-0.15, -0.1) is 0 Å². The van der Waals surface area contributed by atoms with Crippen LogP contribution in [0.3, 0.4) is 0 Å². The number of nitrogens with two attached hydrogens (primary N) is 1. The van der Waals surface area contributed by atoms with Crippen molar-refractivity contribution in [3.05, 3.63) is 53.6 Å². The molecule has 0 saturated carbocycles. The number of nitrogens with one attached hydrogen (secondary N) is 1. The molecule has 1 heterocycles. The number of nitrogens with zero attached hydrogens (tertiary/aromatic N) is 2. The summed E-state index contributed by atoms with van der Waals surface area (Å²) in [6.07, 6.45) is 0. The minimum Gasteiger partial charge on any atom is -0.397 e. The van der Waals surface area contributed by atoms with Crippen molar-refractivity contribution in [2.75, 3.05) is 48.7 Å². The molecule has 1 saturated heterocycles. The number of benzene rings is 2. The number of nitrogen functional groups attached to an aromatic ring is 1. The summed E-state index contributed by atoms with van der Waals surface area (Å²) in [5.74, 6) is -0.0371. The molecule has 1 aliphatic rings. The Morgan fingerprint density at radius 1 is 1.08 bits per heavy atom. The van der Waals surface area contributed by atoms with E-state index in [2.05, 4.69) is 27.2 Å². The van der Waals surface area contributed by atoms with Crippen LogP contribution in [-0.2, 0) is 4.79 Å². The fourth-order valence-electron chi connectivity index (χ4n) is 2.83. The number of anilines is 3. The van der Waals surface area contributed by atoms with Crippen molar-refractivity contribution in [2.24, 2.45) is 0 Å². The van der Waals surface area contributed by atoms with Crippen LogP contribution in [-0.4, -0.2) is 43.5 Å². The van der Waals surface area contributed by atoms with Gasteiger partial charge in [-0.25, -0.2) is 0 Å². The summed E-state index contributed by atoms with van der Waals surface area (Å²) in [6.45, 7) is 3.96. The summed E-state index contributed by atoms with van der Waals surface area (Å²) in [5.41, 5.74) is 8.12. The molecule has 3 N–H and O–H groups in total. The Kier molecular flexibility index (Phi) is 5.23. The minimum atomic E-state index is -0.0371. The van der Waals surface area contributed by atoms with Gasteiger partial charge >= 0.3 is 0 Å². The van der Waals surface area contributed by atoms with Gasteiger partial charge in [-0.2, -0.15) is 0 Å². The molecule has 0 bridgehead atoms. The molecule has 1 fully saturated rings. The van der Waals surface area contributed by atoms with Crippen molar-refractivity contribution in [3.63, 3.8) is 0 Å². The molecule has 0 aliphatic carbocycles. The zero-order chi connectivity index (χ0) is 16.9. The second-order valence-corrected chi connectivity index (χ2v) is 6.29. The Bertz CT molecular complexity index is 699. The Morgan fingerprint density at radius 3 is 2.46 bits per heavy atom. The third-order valence-corrected chi connectivity index (χ3v) is 4.48. The number of rotatable bonds is 4. The first kappa shape index (κ1) is 16.6. The number of halogens is 1. The molecule has 0 aromatic heterocycles. The molecular formula is C18H21ClN4O. The fraction of sp³-hybridized carbons (Fsp3) is 0.278. The van der Waals surface area contributed by atoms with Crippen LogP contribution in [0.15, 0.2) is 48.5 Å². The number of hydrogen-bond donors (Lipinski definition) is 2. The molecule has 2 aromatic carbocycles. The first-order chi connectivity index (χ1) is 11.6.